The minimum atomic E-state index is -0.406. The number of amides is 1. The molecule has 0 radical (unpaired) electrons. The van der Waals surface area contributed by atoms with Gasteiger partial charge in [0.1, 0.15) is 5.82 Å². The molecule has 4 heteroatoms. The van der Waals surface area contributed by atoms with Gasteiger partial charge in [-0.1, -0.05) is 13.3 Å². The highest BCUT2D eigenvalue weighted by Crippen LogP contribution is 2.17. The summed E-state index contributed by atoms with van der Waals surface area (Å²) in [7, 11) is 0. The van der Waals surface area contributed by atoms with E-state index in [0.29, 0.717) is 10.0 Å². The van der Waals surface area contributed by atoms with Crippen LogP contribution in [0.3, 0.4) is 0 Å². The zero-order chi connectivity index (χ0) is 12.1. The molecule has 0 saturated heterocycles. The van der Waals surface area contributed by atoms with Crippen LogP contribution in [0.2, 0.25) is 0 Å². The van der Waals surface area contributed by atoms with E-state index in [4.69, 9.17) is 0 Å². The number of nitrogens with one attached hydrogen (secondary N) is 1. The van der Waals surface area contributed by atoms with Gasteiger partial charge in [-0.15, -0.1) is 0 Å². The van der Waals surface area contributed by atoms with Gasteiger partial charge in [0.25, 0.3) is 5.91 Å². The highest BCUT2D eigenvalue weighted by atomic mass is 79.9. The van der Waals surface area contributed by atoms with Crippen LogP contribution in [0.15, 0.2) is 22.7 Å². The van der Waals surface area contributed by atoms with Crippen molar-refractivity contribution in [2.45, 2.75) is 32.7 Å². The van der Waals surface area contributed by atoms with Gasteiger partial charge in [-0.05, 0) is 47.5 Å². The predicted octanol–water partition coefficient (Wildman–Crippen LogP) is 3.51. The zero-order valence-corrected chi connectivity index (χ0v) is 11.0. The first-order valence-electron chi connectivity index (χ1n) is 5.30. The third kappa shape index (κ3) is 3.59. The Morgan fingerprint density at radius 2 is 2.25 bits per heavy atom. The number of rotatable bonds is 4. The molecular weight excluding hydrogens is 273 g/mol. The molecule has 0 aliphatic rings. The van der Waals surface area contributed by atoms with Crippen LogP contribution < -0.4 is 5.32 Å². The van der Waals surface area contributed by atoms with Crippen molar-refractivity contribution in [2.75, 3.05) is 0 Å². The SMILES string of the molecule is CCCC(C)NC(=O)c1cc(F)ccc1Br. The molecule has 0 spiro atoms. The Morgan fingerprint density at radius 1 is 1.56 bits per heavy atom. The lowest BCUT2D eigenvalue weighted by Crippen LogP contribution is -2.32. The molecule has 1 atom stereocenters. The Kier molecular flexibility index (Phi) is 4.93. The Balaban J connectivity index is 2.76. The van der Waals surface area contributed by atoms with Gasteiger partial charge >= 0.3 is 0 Å². The number of benzene rings is 1. The molecule has 1 aromatic rings. The lowest BCUT2D eigenvalue weighted by molar-refractivity contribution is 0.0937. The lowest BCUT2D eigenvalue weighted by atomic mass is 10.1. The van der Waals surface area contributed by atoms with Crippen molar-refractivity contribution < 1.29 is 9.18 Å². The van der Waals surface area contributed by atoms with Crippen molar-refractivity contribution in [2.24, 2.45) is 0 Å². The van der Waals surface area contributed by atoms with Gasteiger partial charge in [-0.2, -0.15) is 0 Å². The second-order valence-electron chi connectivity index (χ2n) is 3.79. The first-order chi connectivity index (χ1) is 7.54. The number of hydrogen-bond donors (Lipinski definition) is 1. The molecule has 0 aromatic heterocycles. The van der Waals surface area contributed by atoms with E-state index in [-0.39, 0.29) is 11.9 Å². The quantitative estimate of drug-likeness (QED) is 0.902. The van der Waals surface area contributed by atoms with E-state index in [2.05, 4.69) is 28.2 Å². The number of hydrogen-bond acceptors (Lipinski definition) is 1. The normalized spacial score (nSPS) is 12.2. The van der Waals surface area contributed by atoms with Crippen molar-refractivity contribution >= 4 is 21.8 Å². The molecular formula is C12H15BrFNO. The van der Waals surface area contributed by atoms with Crippen molar-refractivity contribution in [3.63, 3.8) is 0 Å². The summed E-state index contributed by atoms with van der Waals surface area (Å²) in [6, 6.07) is 4.19. The topological polar surface area (TPSA) is 29.1 Å². The van der Waals surface area contributed by atoms with E-state index in [1.807, 2.05) is 6.92 Å². The first kappa shape index (κ1) is 13.2. The maximum atomic E-state index is 13.0. The molecule has 0 aliphatic carbocycles. The number of carbonyl (C=O) groups excluding carboxylic acids is 1. The number of carbonyl (C=O) groups is 1. The predicted molar refractivity (Wildman–Crippen MR) is 65.9 cm³/mol. The molecule has 0 heterocycles. The van der Waals surface area contributed by atoms with Crippen molar-refractivity contribution in [3.05, 3.63) is 34.1 Å². The van der Waals surface area contributed by atoms with E-state index < -0.39 is 5.82 Å². The maximum Gasteiger partial charge on any atom is 0.252 e. The zero-order valence-electron chi connectivity index (χ0n) is 9.39. The van der Waals surface area contributed by atoms with Crippen LogP contribution in [0.1, 0.15) is 37.0 Å². The van der Waals surface area contributed by atoms with Crippen LogP contribution in [0.5, 0.6) is 0 Å². The van der Waals surface area contributed by atoms with E-state index >= 15 is 0 Å². The molecule has 16 heavy (non-hydrogen) atoms. The van der Waals surface area contributed by atoms with Gasteiger partial charge in [-0.3, -0.25) is 4.79 Å². The Hall–Kier alpha value is -0.900. The minimum absolute atomic E-state index is 0.104. The summed E-state index contributed by atoms with van der Waals surface area (Å²) in [5.41, 5.74) is 0.336. The molecule has 1 amide bonds. The summed E-state index contributed by atoms with van der Waals surface area (Å²) in [5.74, 6) is -0.649. The average Bonchev–Trinajstić information content (AvgIpc) is 2.21. The molecule has 0 bridgehead atoms. The Bertz CT molecular complexity index is 381. The molecule has 88 valence electrons. The van der Waals surface area contributed by atoms with Gasteiger partial charge in [0, 0.05) is 10.5 Å². The third-order valence-electron chi connectivity index (χ3n) is 2.27. The summed E-state index contributed by atoms with van der Waals surface area (Å²) in [6.07, 6.45) is 1.92. The smallest absolute Gasteiger partial charge is 0.252 e. The first-order valence-corrected chi connectivity index (χ1v) is 6.09. The maximum absolute atomic E-state index is 13.0. The van der Waals surface area contributed by atoms with E-state index in [1.165, 1.54) is 18.2 Å². The highest BCUT2D eigenvalue weighted by Gasteiger charge is 2.13. The van der Waals surface area contributed by atoms with E-state index in [9.17, 15) is 9.18 Å². The molecule has 1 rings (SSSR count). The van der Waals surface area contributed by atoms with Crippen LogP contribution in [-0.4, -0.2) is 11.9 Å². The fourth-order valence-corrected chi connectivity index (χ4v) is 1.90. The molecule has 1 aromatic carbocycles. The highest BCUT2D eigenvalue weighted by molar-refractivity contribution is 9.10. The monoisotopic (exact) mass is 287 g/mol. The Morgan fingerprint density at radius 3 is 2.88 bits per heavy atom. The van der Waals surface area contributed by atoms with Crippen molar-refractivity contribution in [3.8, 4) is 0 Å². The van der Waals surface area contributed by atoms with Crippen LogP contribution in [0.4, 0.5) is 4.39 Å². The molecule has 1 N–H and O–H groups in total. The molecule has 0 aliphatic heterocycles. The second kappa shape index (κ2) is 5.99. The summed E-state index contributed by atoms with van der Waals surface area (Å²) in [6.45, 7) is 4.00. The van der Waals surface area contributed by atoms with Crippen molar-refractivity contribution in [1.82, 2.24) is 5.32 Å². The van der Waals surface area contributed by atoms with E-state index in [0.717, 1.165) is 12.8 Å². The van der Waals surface area contributed by atoms with Gasteiger partial charge in [-0.25, -0.2) is 4.39 Å². The minimum Gasteiger partial charge on any atom is -0.350 e. The Labute approximate surface area is 103 Å². The van der Waals surface area contributed by atoms with Gasteiger partial charge in [0.15, 0.2) is 0 Å². The molecule has 2 nitrogen and oxygen atoms in total. The fourth-order valence-electron chi connectivity index (χ4n) is 1.48. The average molecular weight is 288 g/mol. The summed E-state index contributed by atoms with van der Waals surface area (Å²) in [5, 5.41) is 2.83. The van der Waals surface area contributed by atoms with Crippen LogP contribution in [0, 0.1) is 5.82 Å². The van der Waals surface area contributed by atoms with Crippen LogP contribution >= 0.6 is 15.9 Å². The van der Waals surface area contributed by atoms with Gasteiger partial charge in [0.05, 0.1) is 5.56 Å². The summed E-state index contributed by atoms with van der Waals surface area (Å²) >= 11 is 3.23. The summed E-state index contributed by atoms with van der Waals surface area (Å²) < 4.78 is 13.6. The van der Waals surface area contributed by atoms with Gasteiger partial charge < -0.3 is 5.32 Å². The van der Waals surface area contributed by atoms with E-state index in [1.54, 1.807) is 0 Å². The third-order valence-corrected chi connectivity index (χ3v) is 2.96. The van der Waals surface area contributed by atoms with Crippen LogP contribution in [0.25, 0.3) is 0 Å². The lowest BCUT2D eigenvalue weighted by Gasteiger charge is -2.13. The molecule has 0 saturated carbocycles. The molecule has 1 unspecified atom stereocenters. The standard InChI is InChI=1S/C12H15BrFNO/c1-3-4-8(2)15-12(16)10-7-9(14)5-6-11(10)13/h5-8H,3-4H2,1-2H3,(H,15,16). The largest absolute Gasteiger partial charge is 0.350 e. The van der Waals surface area contributed by atoms with Crippen LogP contribution in [-0.2, 0) is 0 Å². The number of halogens is 2. The second-order valence-corrected chi connectivity index (χ2v) is 4.64. The van der Waals surface area contributed by atoms with Gasteiger partial charge in [0.2, 0.25) is 0 Å². The van der Waals surface area contributed by atoms with Crippen molar-refractivity contribution in [1.29, 1.82) is 0 Å². The fraction of sp³-hybridized carbons (Fsp3) is 0.417. The summed E-state index contributed by atoms with van der Waals surface area (Å²) in [4.78, 5) is 11.8. The molecule has 0 fully saturated rings.